The average Bonchev–Trinajstić information content (AvgIpc) is 2.64. The topological polar surface area (TPSA) is 96.5 Å². The number of hydrogen-bond acceptors (Lipinski definition) is 4. The SMILES string of the molecule is CC(C)(C)OC(=O)NCC(=O)Nc1cccc(CNC(=O)c2ccccc2F)c1. The quantitative estimate of drug-likeness (QED) is 0.692. The molecule has 0 saturated heterocycles. The molecule has 29 heavy (non-hydrogen) atoms. The number of hydrogen-bond donors (Lipinski definition) is 3. The van der Waals surface area contributed by atoms with E-state index in [9.17, 15) is 18.8 Å². The molecule has 0 aliphatic rings. The van der Waals surface area contributed by atoms with Gasteiger partial charge in [0.05, 0.1) is 5.56 Å². The third-order valence-corrected chi connectivity index (χ3v) is 3.57. The van der Waals surface area contributed by atoms with Crippen molar-refractivity contribution in [3.63, 3.8) is 0 Å². The van der Waals surface area contributed by atoms with Gasteiger partial charge >= 0.3 is 6.09 Å². The Morgan fingerprint density at radius 1 is 1.00 bits per heavy atom. The highest BCUT2D eigenvalue weighted by Gasteiger charge is 2.16. The largest absolute Gasteiger partial charge is 0.444 e. The molecule has 0 aliphatic heterocycles. The lowest BCUT2D eigenvalue weighted by molar-refractivity contribution is -0.115. The minimum absolute atomic E-state index is 0.0369. The van der Waals surface area contributed by atoms with E-state index in [1.54, 1.807) is 51.1 Å². The van der Waals surface area contributed by atoms with Gasteiger partial charge in [0.2, 0.25) is 5.91 Å². The summed E-state index contributed by atoms with van der Waals surface area (Å²) in [6.07, 6.45) is -0.683. The van der Waals surface area contributed by atoms with Crippen molar-refractivity contribution in [3.05, 3.63) is 65.5 Å². The molecular weight excluding hydrogens is 377 g/mol. The molecular formula is C21H24FN3O4. The smallest absolute Gasteiger partial charge is 0.408 e. The Morgan fingerprint density at radius 2 is 1.72 bits per heavy atom. The fraction of sp³-hybridized carbons (Fsp3) is 0.286. The first kappa shape index (κ1) is 21.9. The maximum Gasteiger partial charge on any atom is 0.408 e. The molecule has 0 saturated carbocycles. The van der Waals surface area contributed by atoms with Gasteiger partial charge in [0, 0.05) is 12.2 Å². The lowest BCUT2D eigenvalue weighted by atomic mass is 10.1. The van der Waals surface area contributed by atoms with E-state index in [0.29, 0.717) is 11.3 Å². The van der Waals surface area contributed by atoms with Crippen molar-refractivity contribution in [3.8, 4) is 0 Å². The summed E-state index contributed by atoms with van der Waals surface area (Å²) in [6.45, 7) is 5.09. The summed E-state index contributed by atoms with van der Waals surface area (Å²) >= 11 is 0. The Bertz CT molecular complexity index is 893. The van der Waals surface area contributed by atoms with Gasteiger partial charge in [-0.3, -0.25) is 9.59 Å². The standard InChI is InChI=1S/C21H24FN3O4/c1-21(2,3)29-20(28)24-13-18(26)25-15-8-6-7-14(11-15)12-23-19(27)16-9-4-5-10-17(16)22/h4-11H,12-13H2,1-3H3,(H,23,27)(H,24,28)(H,25,26). The highest BCUT2D eigenvalue weighted by molar-refractivity contribution is 5.95. The minimum Gasteiger partial charge on any atom is -0.444 e. The minimum atomic E-state index is -0.683. The molecule has 0 aliphatic carbocycles. The first-order valence-electron chi connectivity index (χ1n) is 9.02. The van der Waals surface area contributed by atoms with Gasteiger partial charge in [-0.15, -0.1) is 0 Å². The first-order valence-corrected chi connectivity index (χ1v) is 9.02. The highest BCUT2D eigenvalue weighted by atomic mass is 19.1. The molecule has 2 aromatic rings. The van der Waals surface area contributed by atoms with Gasteiger partial charge in [-0.05, 0) is 50.6 Å². The van der Waals surface area contributed by atoms with Gasteiger partial charge < -0.3 is 20.7 Å². The van der Waals surface area contributed by atoms with Gasteiger partial charge in [0.15, 0.2) is 0 Å². The van der Waals surface area contributed by atoms with Crippen LogP contribution in [-0.4, -0.2) is 30.1 Å². The van der Waals surface area contributed by atoms with E-state index < -0.39 is 29.3 Å². The molecule has 3 N–H and O–H groups in total. The number of amides is 3. The van der Waals surface area contributed by atoms with Crippen molar-refractivity contribution in [2.24, 2.45) is 0 Å². The summed E-state index contributed by atoms with van der Waals surface area (Å²) in [7, 11) is 0. The van der Waals surface area contributed by atoms with E-state index in [1.807, 2.05) is 0 Å². The molecule has 154 valence electrons. The second-order valence-electron chi connectivity index (χ2n) is 7.27. The molecule has 2 rings (SSSR count). The Hall–Kier alpha value is -3.42. The van der Waals surface area contributed by atoms with Gasteiger partial charge in [-0.25, -0.2) is 9.18 Å². The lowest BCUT2D eigenvalue weighted by Gasteiger charge is -2.19. The fourth-order valence-electron chi connectivity index (χ4n) is 2.35. The number of anilines is 1. The number of alkyl carbamates (subject to hydrolysis) is 1. The molecule has 0 heterocycles. The number of rotatable bonds is 6. The van der Waals surface area contributed by atoms with Crippen molar-refractivity contribution in [1.29, 1.82) is 0 Å². The summed E-state index contributed by atoms with van der Waals surface area (Å²) in [4.78, 5) is 35.6. The van der Waals surface area contributed by atoms with Crippen LogP contribution in [0.1, 0.15) is 36.7 Å². The van der Waals surface area contributed by atoms with Gasteiger partial charge in [0.1, 0.15) is 18.0 Å². The molecule has 0 aromatic heterocycles. The summed E-state index contributed by atoms with van der Waals surface area (Å²) in [6, 6.07) is 12.5. The van der Waals surface area contributed by atoms with Crippen molar-refractivity contribution in [2.75, 3.05) is 11.9 Å². The number of ether oxygens (including phenoxy) is 1. The maximum atomic E-state index is 13.6. The second-order valence-corrected chi connectivity index (χ2v) is 7.27. The zero-order valence-electron chi connectivity index (χ0n) is 16.5. The fourth-order valence-corrected chi connectivity index (χ4v) is 2.35. The molecule has 2 aromatic carbocycles. The van der Waals surface area contributed by atoms with E-state index >= 15 is 0 Å². The van der Waals surface area contributed by atoms with Crippen molar-refractivity contribution < 1.29 is 23.5 Å². The molecule has 0 radical (unpaired) electrons. The van der Waals surface area contributed by atoms with Crippen molar-refractivity contribution in [2.45, 2.75) is 32.9 Å². The number of nitrogens with one attached hydrogen (secondary N) is 3. The number of halogens is 1. The van der Waals surface area contributed by atoms with Gasteiger partial charge in [-0.2, -0.15) is 0 Å². The third-order valence-electron chi connectivity index (χ3n) is 3.57. The normalized spacial score (nSPS) is 10.8. The Balaban J connectivity index is 1.86. The highest BCUT2D eigenvalue weighted by Crippen LogP contribution is 2.12. The Kier molecular flexibility index (Phi) is 7.30. The number of carbonyl (C=O) groups excluding carboxylic acids is 3. The molecule has 0 atom stereocenters. The average molecular weight is 401 g/mol. The zero-order valence-corrected chi connectivity index (χ0v) is 16.5. The molecule has 0 fully saturated rings. The van der Waals surface area contributed by atoms with Crippen LogP contribution in [0.15, 0.2) is 48.5 Å². The van der Waals surface area contributed by atoms with Gasteiger partial charge in [0.25, 0.3) is 5.91 Å². The molecule has 0 spiro atoms. The first-order chi connectivity index (χ1) is 13.6. The van der Waals surface area contributed by atoms with Crippen LogP contribution in [-0.2, 0) is 16.1 Å². The number of benzene rings is 2. The van der Waals surface area contributed by atoms with E-state index in [4.69, 9.17) is 4.74 Å². The van der Waals surface area contributed by atoms with E-state index in [1.165, 1.54) is 18.2 Å². The summed E-state index contributed by atoms with van der Waals surface area (Å²) < 4.78 is 18.7. The van der Waals surface area contributed by atoms with Crippen LogP contribution < -0.4 is 16.0 Å². The summed E-state index contributed by atoms with van der Waals surface area (Å²) in [5.74, 6) is -1.55. The second kappa shape index (κ2) is 9.68. The third kappa shape index (κ3) is 7.61. The zero-order chi connectivity index (χ0) is 21.4. The Morgan fingerprint density at radius 3 is 2.41 bits per heavy atom. The van der Waals surface area contributed by atoms with Crippen LogP contribution in [0.3, 0.4) is 0 Å². The summed E-state index contributed by atoms with van der Waals surface area (Å²) in [5.41, 5.74) is 0.526. The van der Waals surface area contributed by atoms with Gasteiger partial charge in [-0.1, -0.05) is 24.3 Å². The van der Waals surface area contributed by atoms with Crippen LogP contribution in [0.2, 0.25) is 0 Å². The molecule has 8 heteroatoms. The monoisotopic (exact) mass is 401 g/mol. The lowest BCUT2D eigenvalue weighted by Crippen LogP contribution is -2.37. The molecule has 7 nitrogen and oxygen atoms in total. The van der Waals surface area contributed by atoms with E-state index in [-0.39, 0.29) is 18.7 Å². The Labute approximate surface area is 168 Å². The maximum absolute atomic E-state index is 13.6. The van der Waals surface area contributed by atoms with Crippen LogP contribution in [0, 0.1) is 5.82 Å². The molecule has 0 bridgehead atoms. The van der Waals surface area contributed by atoms with Crippen LogP contribution in [0.4, 0.5) is 14.9 Å². The van der Waals surface area contributed by atoms with E-state index in [2.05, 4.69) is 16.0 Å². The van der Waals surface area contributed by atoms with Crippen molar-refractivity contribution >= 4 is 23.6 Å². The van der Waals surface area contributed by atoms with Crippen LogP contribution in [0.5, 0.6) is 0 Å². The van der Waals surface area contributed by atoms with Crippen LogP contribution in [0.25, 0.3) is 0 Å². The van der Waals surface area contributed by atoms with Crippen molar-refractivity contribution in [1.82, 2.24) is 10.6 Å². The van der Waals surface area contributed by atoms with Crippen LogP contribution >= 0.6 is 0 Å². The molecule has 3 amide bonds. The predicted octanol–water partition coefficient (Wildman–Crippen LogP) is 3.22. The van der Waals surface area contributed by atoms with E-state index in [0.717, 1.165) is 0 Å². The predicted molar refractivity (Wildman–Crippen MR) is 107 cm³/mol. The summed E-state index contributed by atoms with van der Waals surface area (Å²) in [5, 5.41) is 7.65. The molecule has 0 unspecified atom stereocenters. The number of carbonyl (C=O) groups is 3.